The van der Waals surface area contributed by atoms with Gasteiger partial charge in [-0.1, -0.05) is 34.4 Å². The van der Waals surface area contributed by atoms with Gasteiger partial charge in [-0.05, 0) is 19.8 Å². The summed E-state index contributed by atoms with van der Waals surface area (Å²) >= 11 is 12.4. The molecule has 1 N–H and O–H groups in total. The van der Waals surface area contributed by atoms with E-state index < -0.39 is 0 Å². The van der Waals surface area contributed by atoms with Crippen molar-refractivity contribution >= 4 is 28.8 Å². The smallest absolute Gasteiger partial charge is 0.142 e. The fourth-order valence-corrected chi connectivity index (χ4v) is 2.52. The highest BCUT2D eigenvalue weighted by Crippen LogP contribution is 2.38. The summed E-state index contributed by atoms with van der Waals surface area (Å²) < 4.78 is 5.20. The van der Waals surface area contributed by atoms with Gasteiger partial charge in [-0.15, -0.1) is 0 Å². The van der Waals surface area contributed by atoms with Crippen molar-refractivity contribution in [2.24, 2.45) is 0 Å². The van der Waals surface area contributed by atoms with Gasteiger partial charge >= 0.3 is 0 Å². The van der Waals surface area contributed by atoms with Gasteiger partial charge in [-0.25, -0.2) is 0 Å². The number of rotatable bonds is 3. The Labute approximate surface area is 110 Å². The summed E-state index contributed by atoms with van der Waals surface area (Å²) in [6.45, 7) is 1.93. The second-order valence-corrected chi connectivity index (χ2v) is 4.79. The van der Waals surface area contributed by atoms with Crippen molar-refractivity contribution in [2.45, 2.75) is 26.2 Å². The Morgan fingerprint density at radius 3 is 2.88 bits per heavy atom. The summed E-state index contributed by atoms with van der Waals surface area (Å²) in [5.74, 6) is 0.675. The van der Waals surface area contributed by atoms with E-state index in [2.05, 4.69) is 5.16 Å². The SMILES string of the molecule is Cc1c(C2=C(Cl)CCC=C2Cl)noc1CCO. The first-order chi connectivity index (χ1) is 8.15. The summed E-state index contributed by atoms with van der Waals surface area (Å²) in [6, 6.07) is 0. The molecular formula is C12H13Cl2NO2. The molecule has 0 aliphatic heterocycles. The number of aromatic nitrogens is 1. The van der Waals surface area contributed by atoms with Crippen LogP contribution in [0.2, 0.25) is 0 Å². The lowest BCUT2D eigenvalue weighted by Crippen LogP contribution is -1.97. The van der Waals surface area contributed by atoms with Gasteiger partial charge < -0.3 is 9.63 Å². The van der Waals surface area contributed by atoms with Crippen LogP contribution in [-0.2, 0) is 6.42 Å². The summed E-state index contributed by atoms with van der Waals surface area (Å²) in [7, 11) is 0. The average molecular weight is 274 g/mol. The van der Waals surface area contributed by atoms with Gasteiger partial charge in [0.25, 0.3) is 0 Å². The molecular weight excluding hydrogens is 261 g/mol. The van der Waals surface area contributed by atoms with E-state index in [4.69, 9.17) is 32.8 Å². The van der Waals surface area contributed by atoms with E-state index in [0.29, 0.717) is 27.9 Å². The Bertz CT molecular complexity index is 489. The summed E-state index contributed by atoms with van der Waals surface area (Å²) in [6.07, 6.45) is 4.00. The Morgan fingerprint density at radius 2 is 2.24 bits per heavy atom. The summed E-state index contributed by atoms with van der Waals surface area (Å²) in [4.78, 5) is 0. The molecule has 0 saturated carbocycles. The molecule has 0 fully saturated rings. The van der Waals surface area contributed by atoms with Gasteiger partial charge in [-0.3, -0.25) is 0 Å². The second-order valence-electron chi connectivity index (χ2n) is 3.92. The molecule has 17 heavy (non-hydrogen) atoms. The van der Waals surface area contributed by atoms with E-state index in [0.717, 1.165) is 24.0 Å². The molecule has 0 bridgehead atoms. The molecule has 5 heteroatoms. The molecule has 1 aliphatic rings. The van der Waals surface area contributed by atoms with Crippen molar-refractivity contribution < 1.29 is 9.63 Å². The van der Waals surface area contributed by atoms with E-state index in [1.807, 2.05) is 13.0 Å². The zero-order valence-corrected chi connectivity index (χ0v) is 11.0. The Morgan fingerprint density at radius 1 is 1.47 bits per heavy atom. The molecule has 0 spiro atoms. The van der Waals surface area contributed by atoms with E-state index in [1.165, 1.54) is 0 Å². The Hall–Kier alpha value is -0.770. The molecule has 0 radical (unpaired) electrons. The van der Waals surface area contributed by atoms with Crippen LogP contribution < -0.4 is 0 Å². The van der Waals surface area contributed by atoms with Gasteiger partial charge in [0.1, 0.15) is 11.5 Å². The predicted molar refractivity (Wildman–Crippen MR) is 68.0 cm³/mol. The maximum Gasteiger partial charge on any atom is 0.142 e. The number of halogens is 2. The monoisotopic (exact) mass is 273 g/mol. The van der Waals surface area contributed by atoms with Crippen LogP contribution in [-0.4, -0.2) is 16.9 Å². The maximum atomic E-state index is 8.90. The van der Waals surface area contributed by atoms with Crippen LogP contribution in [0.15, 0.2) is 20.7 Å². The largest absolute Gasteiger partial charge is 0.396 e. The molecule has 1 aromatic heterocycles. The van der Waals surface area contributed by atoms with Crippen LogP contribution in [0.1, 0.15) is 29.9 Å². The van der Waals surface area contributed by atoms with Crippen LogP contribution >= 0.6 is 23.2 Å². The highest BCUT2D eigenvalue weighted by atomic mass is 35.5. The molecule has 0 atom stereocenters. The molecule has 0 amide bonds. The van der Waals surface area contributed by atoms with Gasteiger partial charge in [-0.2, -0.15) is 0 Å². The molecule has 0 aromatic carbocycles. The number of hydrogen-bond donors (Lipinski definition) is 1. The highest BCUT2D eigenvalue weighted by molar-refractivity contribution is 6.42. The first kappa shape index (κ1) is 12.7. The van der Waals surface area contributed by atoms with Crippen molar-refractivity contribution in [1.82, 2.24) is 5.16 Å². The van der Waals surface area contributed by atoms with Gasteiger partial charge in [0, 0.05) is 27.6 Å². The number of aliphatic hydroxyl groups is 1. The maximum absolute atomic E-state index is 8.90. The average Bonchev–Trinajstić information content (AvgIpc) is 2.62. The third-order valence-corrected chi connectivity index (χ3v) is 3.51. The second kappa shape index (κ2) is 5.25. The Kier molecular flexibility index (Phi) is 3.92. The molecule has 1 aromatic rings. The van der Waals surface area contributed by atoms with Crippen molar-refractivity contribution in [3.05, 3.63) is 33.2 Å². The molecule has 0 saturated heterocycles. The predicted octanol–water partition coefficient (Wildman–Crippen LogP) is 3.38. The fourth-order valence-electron chi connectivity index (χ4n) is 1.86. The lowest BCUT2D eigenvalue weighted by molar-refractivity contribution is 0.276. The fraction of sp³-hybridized carbons (Fsp3) is 0.417. The summed E-state index contributed by atoms with van der Waals surface area (Å²) in [5.41, 5.74) is 2.32. The normalized spacial score (nSPS) is 16.4. The van der Waals surface area contributed by atoms with Crippen molar-refractivity contribution in [1.29, 1.82) is 0 Å². The first-order valence-corrected chi connectivity index (χ1v) is 6.21. The number of allylic oxidation sites excluding steroid dienone is 4. The minimum absolute atomic E-state index is 0.0336. The van der Waals surface area contributed by atoms with Crippen molar-refractivity contribution in [3.63, 3.8) is 0 Å². The lowest BCUT2D eigenvalue weighted by atomic mass is 10.00. The third-order valence-electron chi connectivity index (χ3n) is 2.79. The molecule has 2 rings (SSSR count). The number of nitrogens with zero attached hydrogens (tertiary/aromatic N) is 1. The zero-order valence-electron chi connectivity index (χ0n) is 9.46. The van der Waals surface area contributed by atoms with Gasteiger partial charge in [0.2, 0.25) is 0 Å². The minimum Gasteiger partial charge on any atom is -0.396 e. The van der Waals surface area contributed by atoms with Crippen LogP contribution in [0.25, 0.3) is 5.57 Å². The van der Waals surface area contributed by atoms with E-state index >= 15 is 0 Å². The van der Waals surface area contributed by atoms with E-state index in [9.17, 15) is 0 Å². The topological polar surface area (TPSA) is 46.3 Å². The first-order valence-electron chi connectivity index (χ1n) is 5.46. The van der Waals surface area contributed by atoms with Gasteiger partial charge in [0.15, 0.2) is 0 Å². The quantitative estimate of drug-likeness (QED) is 0.919. The van der Waals surface area contributed by atoms with Crippen molar-refractivity contribution in [3.8, 4) is 0 Å². The molecule has 0 unspecified atom stereocenters. The molecule has 3 nitrogen and oxygen atoms in total. The molecule has 92 valence electrons. The van der Waals surface area contributed by atoms with Crippen molar-refractivity contribution in [2.75, 3.05) is 6.61 Å². The minimum atomic E-state index is 0.0336. The van der Waals surface area contributed by atoms with E-state index in [-0.39, 0.29) is 6.61 Å². The lowest BCUT2D eigenvalue weighted by Gasteiger charge is -2.12. The Balaban J connectivity index is 2.44. The van der Waals surface area contributed by atoms with Crippen LogP contribution in [0.4, 0.5) is 0 Å². The van der Waals surface area contributed by atoms with Crippen LogP contribution in [0.5, 0.6) is 0 Å². The standard InChI is InChI=1S/C12H13Cl2NO2/c1-7-10(5-6-16)17-15-12(7)11-8(13)3-2-4-9(11)14/h3,16H,2,4-6H2,1H3. The van der Waals surface area contributed by atoms with Crippen LogP contribution in [0, 0.1) is 6.92 Å². The number of hydrogen-bond acceptors (Lipinski definition) is 3. The molecule has 1 aliphatic carbocycles. The van der Waals surface area contributed by atoms with Crippen LogP contribution in [0.3, 0.4) is 0 Å². The zero-order chi connectivity index (χ0) is 12.4. The highest BCUT2D eigenvalue weighted by Gasteiger charge is 2.22. The van der Waals surface area contributed by atoms with E-state index in [1.54, 1.807) is 0 Å². The number of aliphatic hydroxyl groups excluding tert-OH is 1. The third kappa shape index (κ3) is 2.41. The van der Waals surface area contributed by atoms with Gasteiger partial charge in [0.05, 0.1) is 6.61 Å². The molecule has 1 heterocycles. The summed E-state index contributed by atoms with van der Waals surface area (Å²) in [5, 5.41) is 14.2.